The molecule has 3 rings (SSSR count). The van der Waals surface area contributed by atoms with Crippen molar-refractivity contribution in [2.75, 3.05) is 26.3 Å². The van der Waals surface area contributed by atoms with E-state index in [1.54, 1.807) is 0 Å². The van der Waals surface area contributed by atoms with Crippen LogP contribution in [0.25, 0.3) is 0 Å². The third-order valence-electron chi connectivity index (χ3n) is 4.75. The smallest absolute Gasteiger partial charge is 0.242 e. The fraction of sp³-hybridized carbons (Fsp3) is 0.588. The van der Waals surface area contributed by atoms with E-state index in [4.69, 9.17) is 10.5 Å². The van der Waals surface area contributed by atoms with Crippen LogP contribution in [0.15, 0.2) is 30.3 Å². The molecule has 0 aliphatic carbocycles. The Morgan fingerprint density at radius 1 is 1.27 bits per heavy atom. The molecule has 0 saturated carbocycles. The normalized spacial score (nSPS) is 23.9. The van der Waals surface area contributed by atoms with Gasteiger partial charge in [-0.1, -0.05) is 30.3 Å². The zero-order valence-corrected chi connectivity index (χ0v) is 13.7. The Morgan fingerprint density at radius 2 is 1.95 bits per heavy atom. The van der Waals surface area contributed by atoms with E-state index in [1.165, 1.54) is 5.56 Å². The number of halogens is 1. The maximum absolute atomic E-state index is 12.7. The molecule has 1 amide bonds. The Kier molecular flexibility index (Phi) is 5.84. The third-order valence-corrected chi connectivity index (χ3v) is 4.75. The van der Waals surface area contributed by atoms with E-state index in [0.29, 0.717) is 32.0 Å². The van der Waals surface area contributed by atoms with Crippen molar-refractivity contribution in [1.29, 1.82) is 0 Å². The molecule has 2 fully saturated rings. The highest BCUT2D eigenvalue weighted by molar-refractivity contribution is 5.86. The number of rotatable bonds is 3. The van der Waals surface area contributed by atoms with E-state index in [0.717, 1.165) is 25.9 Å². The molecule has 0 radical (unpaired) electrons. The summed E-state index contributed by atoms with van der Waals surface area (Å²) in [4.78, 5) is 14.6. The fourth-order valence-electron chi connectivity index (χ4n) is 3.40. The zero-order chi connectivity index (χ0) is 14.7. The summed E-state index contributed by atoms with van der Waals surface area (Å²) in [6.45, 7) is 2.89. The van der Waals surface area contributed by atoms with Crippen LogP contribution in [-0.4, -0.2) is 42.6 Å². The van der Waals surface area contributed by atoms with Gasteiger partial charge in [0.1, 0.15) is 0 Å². The number of ether oxygens (including phenoxy) is 1. The highest BCUT2D eigenvalue weighted by atomic mass is 35.5. The number of carbonyl (C=O) groups is 1. The van der Waals surface area contributed by atoms with Crippen LogP contribution in [0, 0.1) is 5.92 Å². The lowest BCUT2D eigenvalue weighted by Crippen LogP contribution is -2.57. The summed E-state index contributed by atoms with van der Waals surface area (Å²) < 4.78 is 5.33. The van der Waals surface area contributed by atoms with E-state index >= 15 is 0 Å². The summed E-state index contributed by atoms with van der Waals surface area (Å²) in [7, 11) is 0. The molecule has 2 aliphatic rings. The predicted molar refractivity (Wildman–Crippen MR) is 89.1 cm³/mol. The van der Waals surface area contributed by atoms with Gasteiger partial charge >= 0.3 is 0 Å². The number of carbonyl (C=O) groups excluding carboxylic acids is 1. The van der Waals surface area contributed by atoms with Crippen molar-refractivity contribution >= 4 is 18.3 Å². The molecule has 1 aromatic rings. The van der Waals surface area contributed by atoms with Gasteiger partial charge in [-0.15, -0.1) is 12.4 Å². The topological polar surface area (TPSA) is 55.6 Å². The summed E-state index contributed by atoms with van der Waals surface area (Å²) in [5.41, 5.74) is 6.97. The third kappa shape index (κ3) is 3.80. The molecule has 2 saturated heterocycles. The van der Waals surface area contributed by atoms with Gasteiger partial charge in [-0.25, -0.2) is 0 Å². The highest BCUT2D eigenvalue weighted by Gasteiger charge is 2.40. The average Bonchev–Trinajstić information content (AvgIpc) is 2.96. The van der Waals surface area contributed by atoms with Crippen LogP contribution in [0.2, 0.25) is 0 Å². The van der Waals surface area contributed by atoms with Gasteiger partial charge in [-0.2, -0.15) is 0 Å². The largest absolute Gasteiger partial charge is 0.381 e. The van der Waals surface area contributed by atoms with Gasteiger partial charge < -0.3 is 15.4 Å². The zero-order valence-electron chi connectivity index (χ0n) is 12.9. The first kappa shape index (κ1) is 17.3. The highest BCUT2D eigenvalue weighted by Crippen LogP contribution is 2.26. The van der Waals surface area contributed by atoms with Gasteiger partial charge in [0.05, 0.1) is 5.54 Å². The Morgan fingerprint density at radius 3 is 2.64 bits per heavy atom. The minimum absolute atomic E-state index is 0. The number of amides is 1. The van der Waals surface area contributed by atoms with E-state index in [1.807, 2.05) is 11.0 Å². The van der Waals surface area contributed by atoms with Crippen LogP contribution in [0.5, 0.6) is 0 Å². The first-order chi connectivity index (χ1) is 10.2. The van der Waals surface area contributed by atoms with Crippen molar-refractivity contribution < 1.29 is 9.53 Å². The maximum Gasteiger partial charge on any atom is 0.242 e. The van der Waals surface area contributed by atoms with Crippen LogP contribution in [-0.2, 0) is 16.0 Å². The van der Waals surface area contributed by atoms with E-state index < -0.39 is 5.54 Å². The minimum atomic E-state index is -0.695. The number of hydrogen-bond donors (Lipinski definition) is 1. The molecule has 0 bridgehead atoms. The number of likely N-dealkylation sites (tertiary alicyclic amines) is 1. The second-order valence-corrected chi connectivity index (χ2v) is 6.36. The molecule has 0 spiro atoms. The molecule has 1 aromatic carbocycles. The first-order valence-corrected chi connectivity index (χ1v) is 7.87. The molecule has 1 unspecified atom stereocenters. The van der Waals surface area contributed by atoms with Crippen LogP contribution < -0.4 is 5.73 Å². The van der Waals surface area contributed by atoms with Gasteiger partial charge in [0.25, 0.3) is 0 Å². The number of nitrogens with two attached hydrogens (primary N) is 1. The van der Waals surface area contributed by atoms with Crippen LogP contribution >= 0.6 is 12.4 Å². The quantitative estimate of drug-likeness (QED) is 0.925. The number of benzene rings is 1. The van der Waals surface area contributed by atoms with Crippen LogP contribution in [0.4, 0.5) is 0 Å². The average molecular weight is 325 g/mol. The summed E-state index contributed by atoms with van der Waals surface area (Å²) >= 11 is 0. The fourth-order valence-corrected chi connectivity index (χ4v) is 3.40. The molecule has 2 aliphatic heterocycles. The second-order valence-electron chi connectivity index (χ2n) is 6.36. The van der Waals surface area contributed by atoms with Crippen LogP contribution in [0.3, 0.4) is 0 Å². The number of hydrogen-bond acceptors (Lipinski definition) is 3. The van der Waals surface area contributed by atoms with Crippen LogP contribution in [0.1, 0.15) is 24.8 Å². The molecule has 4 nitrogen and oxygen atoms in total. The molecule has 22 heavy (non-hydrogen) atoms. The predicted octanol–water partition coefficient (Wildman–Crippen LogP) is 2.01. The lowest BCUT2D eigenvalue weighted by molar-refractivity contribution is -0.139. The molecule has 0 aromatic heterocycles. The van der Waals surface area contributed by atoms with Gasteiger partial charge in [-0.3, -0.25) is 4.79 Å². The van der Waals surface area contributed by atoms with E-state index in [2.05, 4.69) is 24.3 Å². The standard InChI is InChI=1S/C17H24N2O2.ClH/c18-17(7-10-21-11-8-17)16(20)19-9-6-15(13-19)12-14-4-2-1-3-5-14;/h1-5,15H,6-13,18H2;1H. The molecule has 2 heterocycles. The van der Waals surface area contributed by atoms with E-state index in [-0.39, 0.29) is 18.3 Å². The van der Waals surface area contributed by atoms with Gasteiger partial charge in [-0.05, 0) is 37.2 Å². The Balaban J connectivity index is 0.00000176. The number of nitrogens with zero attached hydrogens (tertiary/aromatic N) is 1. The molecule has 1 atom stereocenters. The van der Waals surface area contributed by atoms with Gasteiger partial charge in [0.15, 0.2) is 0 Å². The van der Waals surface area contributed by atoms with Crippen molar-refractivity contribution in [2.45, 2.75) is 31.2 Å². The maximum atomic E-state index is 12.7. The van der Waals surface area contributed by atoms with Crippen molar-refractivity contribution in [3.63, 3.8) is 0 Å². The molecular formula is C17H25ClN2O2. The SMILES string of the molecule is Cl.NC1(C(=O)N2CCC(Cc3ccccc3)C2)CCOCC1. The van der Waals surface area contributed by atoms with Gasteiger partial charge in [0, 0.05) is 26.3 Å². The lowest BCUT2D eigenvalue weighted by Gasteiger charge is -2.35. The Hall–Kier alpha value is -1.10. The summed E-state index contributed by atoms with van der Waals surface area (Å²) in [5.74, 6) is 0.682. The minimum Gasteiger partial charge on any atom is -0.381 e. The summed E-state index contributed by atoms with van der Waals surface area (Å²) in [6.07, 6.45) is 3.41. The Bertz CT molecular complexity index is 489. The van der Waals surface area contributed by atoms with Crippen molar-refractivity contribution in [3.05, 3.63) is 35.9 Å². The van der Waals surface area contributed by atoms with Crippen molar-refractivity contribution in [2.24, 2.45) is 11.7 Å². The second kappa shape index (κ2) is 7.44. The van der Waals surface area contributed by atoms with E-state index in [9.17, 15) is 4.79 Å². The molecule has 122 valence electrons. The Labute approximate surface area is 138 Å². The summed E-state index contributed by atoms with van der Waals surface area (Å²) in [6, 6.07) is 10.5. The first-order valence-electron chi connectivity index (χ1n) is 7.87. The monoisotopic (exact) mass is 324 g/mol. The molecule has 2 N–H and O–H groups in total. The molecular weight excluding hydrogens is 300 g/mol. The van der Waals surface area contributed by atoms with Gasteiger partial charge in [0.2, 0.25) is 5.91 Å². The van der Waals surface area contributed by atoms with Crippen molar-refractivity contribution in [3.8, 4) is 0 Å². The molecule has 5 heteroatoms. The lowest BCUT2D eigenvalue weighted by atomic mass is 9.90. The summed E-state index contributed by atoms with van der Waals surface area (Å²) in [5, 5.41) is 0. The van der Waals surface area contributed by atoms with Crippen molar-refractivity contribution in [1.82, 2.24) is 4.90 Å².